The number of amides is 1. The highest BCUT2D eigenvalue weighted by Gasteiger charge is 2.33. The molecule has 0 aromatic heterocycles. The quantitative estimate of drug-likeness (QED) is 0.654. The molecule has 0 bridgehead atoms. The van der Waals surface area contributed by atoms with Crippen molar-refractivity contribution in [3.8, 4) is 0 Å². The lowest BCUT2D eigenvalue weighted by Gasteiger charge is -2.38. The molecule has 0 spiro atoms. The van der Waals surface area contributed by atoms with Gasteiger partial charge in [-0.05, 0) is 42.5 Å². The van der Waals surface area contributed by atoms with Gasteiger partial charge < -0.3 is 4.90 Å². The molecule has 2 aliphatic rings. The average Bonchev–Trinajstić information content (AvgIpc) is 2.85. The molecule has 4 rings (SSSR count). The van der Waals surface area contributed by atoms with E-state index in [0.717, 1.165) is 38.3 Å². The first kappa shape index (κ1) is 23.7. The number of nitrogens with zero attached hydrogens (tertiary/aromatic N) is 3. The molecule has 2 heterocycles. The van der Waals surface area contributed by atoms with Gasteiger partial charge in [-0.1, -0.05) is 54.6 Å². The molecule has 0 N–H and O–H groups in total. The molecule has 0 unspecified atom stereocenters. The van der Waals surface area contributed by atoms with Crippen LogP contribution in [0, 0.1) is 12.8 Å². The van der Waals surface area contributed by atoms with E-state index in [2.05, 4.69) is 36.1 Å². The van der Waals surface area contributed by atoms with Crippen molar-refractivity contribution in [2.24, 2.45) is 5.92 Å². The average molecular weight is 468 g/mol. The molecule has 7 heteroatoms. The fourth-order valence-electron chi connectivity index (χ4n) is 4.58. The van der Waals surface area contributed by atoms with Crippen molar-refractivity contribution in [3.63, 3.8) is 0 Å². The molecule has 2 aromatic rings. The van der Waals surface area contributed by atoms with Crippen LogP contribution in [0.2, 0.25) is 0 Å². The van der Waals surface area contributed by atoms with Gasteiger partial charge in [0.15, 0.2) is 0 Å². The Balaban J connectivity index is 1.25. The van der Waals surface area contributed by atoms with Crippen LogP contribution in [0.15, 0.2) is 60.0 Å². The number of carbonyl (C=O) groups is 1. The Morgan fingerprint density at radius 2 is 1.55 bits per heavy atom. The smallest absolute Gasteiger partial charge is 0.236 e. The van der Waals surface area contributed by atoms with Crippen LogP contribution in [0.1, 0.15) is 29.5 Å². The first-order valence-electron chi connectivity index (χ1n) is 11.7. The predicted molar refractivity (Wildman–Crippen MR) is 132 cm³/mol. The minimum atomic E-state index is -3.47. The fraction of sp³-hybridized carbons (Fsp3) is 0.423. The van der Waals surface area contributed by atoms with E-state index in [9.17, 15) is 13.2 Å². The van der Waals surface area contributed by atoms with Crippen molar-refractivity contribution in [3.05, 3.63) is 76.7 Å². The summed E-state index contributed by atoms with van der Waals surface area (Å²) < 4.78 is 26.9. The Kier molecular flexibility index (Phi) is 7.63. The van der Waals surface area contributed by atoms with E-state index in [4.69, 9.17) is 0 Å². The van der Waals surface area contributed by atoms with Gasteiger partial charge in [-0.15, -0.1) is 0 Å². The van der Waals surface area contributed by atoms with Gasteiger partial charge in [-0.3, -0.25) is 9.69 Å². The third kappa shape index (κ3) is 6.10. The number of aryl methyl sites for hydroxylation is 1. The van der Waals surface area contributed by atoms with Crippen LogP contribution in [0.3, 0.4) is 0 Å². The third-order valence-electron chi connectivity index (χ3n) is 6.73. The molecule has 2 aliphatic heterocycles. The van der Waals surface area contributed by atoms with Crippen molar-refractivity contribution < 1.29 is 13.2 Å². The van der Waals surface area contributed by atoms with Gasteiger partial charge >= 0.3 is 0 Å². The van der Waals surface area contributed by atoms with E-state index < -0.39 is 10.0 Å². The molecule has 0 aliphatic carbocycles. The van der Waals surface area contributed by atoms with E-state index in [1.807, 2.05) is 35.2 Å². The molecular weight excluding hydrogens is 434 g/mol. The maximum absolute atomic E-state index is 13.1. The summed E-state index contributed by atoms with van der Waals surface area (Å²) in [5, 5.41) is 1.28. The van der Waals surface area contributed by atoms with Gasteiger partial charge in [0.1, 0.15) is 0 Å². The summed E-state index contributed by atoms with van der Waals surface area (Å²) in [6.07, 6.45) is 2.80. The second-order valence-corrected chi connectivity index (χ2v) is 10.8. The van der Waals surface area contributed by atoms with Crippen LogP contribution in [-0.4, -0.2) is 67.7 Å². The Bertz CT molecular complexity index is 1070. The normalized spacial score (nSPS) is 19.2. The van der Waals surface area contributed by atoms with Gasteiger partial charge in [0.2, 0.25) is 15.9 Å². The predicted octanol–water partition coefficient (Wildman–Crippen LogP) is 3.35. The topological polar surface area (TPSA) is 60.9 Å². The van der Waals surface area contributed by atoms with Gasteiger partial charge in [-0.2, -0.15) is 4.31 Å². The van der Waals surface area contributed by atoms with Crippen LogP contribution < -0.4 is 0 Å². The number of rotatable bonds is 6. The minimum Gasteiger partial charge on any atom is -0.340 e. The third-order valence-corrected chi connectivity index (χ3v) is 8.30. The number of hydrogen-bond donors (Lipinski definition) is 0. The van der Waals surface area contributed by atoms with Crippen molar-refractivity contribution in [1.29, 1.82) is 0 Å². The molecule has 6 nitrogen and oxygen atoms in total. The maximum atomic E-state index is 13.1. The van der Waals surface area contributed by atoms with Crippen molar-refractivity contribution >= 4 is 22.0 Å². The van der Waals surface area contributed by atoms with Gasteiger partial charge in [0.25, 0.3) is 0 Å². The molecule has 2 fully saturated rings. The van der Waals surface area contributed by atoms with Crippen LogP contribution in [-0.2, 0) is 21.4 Å². The fourth-order valence-corrected chi connectivity index (χ4v) is 5.81. The highest BCUT2D eigenvalue weighted by molar-refractivity contribution is 7.92. The Labute approximate surface area is 197 Å². The summed E-state index contributed by atoms with van der Waals surface area (Å²) in [6, 6.07) is 17.9. The molecule has 0 radical (unpaired) electrons. The zero-order chi connectivity index (χ0) is 23.3. The minimum absolute atomic E-state index is 0.0857. The second kappa shape index (κ2) is 10.6. The first-order chi connectivity index (χ1) is 15.9. The van der Waals surface area contributed by atoms with Crippen LogP contribution in [0.5, 0.6) is 0 Å². The van der Waals surface area contributed by atoms with Gasteiger partial charge in [0.05, 0.1) is 0 Å². The van der Waals surface area contributed by atoms with E-state index in [1.165, 1.54) is 20.8 Å². The number of piperidine rings is 1. The number of carbonyl (C=O) groups excluding carboxylic acids is 1. The maximum Gasteiger partial charge on any atom is 0.236 e. The van der Waals surface area contributed by atoms with Crippen molar-refractivity contribution in [2.75, 3.05) is 39.3 Å². The summed E-state index contributed by atoms with van der Waals surface area (Å²) in [7, 11) is -3.47. The lowest BCUT2D eigenvalue weighted by molar-refractivity contribution is -0.138. The van der Waals surface area contributed by atoms with E-state index in [-0.39, 0.29) is 11.8 Å². The van der Waals surface area contributed by atoms with E-state index >= 15 is 0 Å². The standard InChI is InChI=1S/C26H33N3O3S/c1-22-7-5-6-10-25(22)21-27-16-18-28(19-17-27)26(30)24-11-14-29(15-12-24)33(31,32)20-13-23-8-3-2-4-9-23/h2-10,13,20,24H,11-12,14-19,21H2,1H3/b20-13+. The highest BCUT2D eigenvalue weighted by Crippen LogP contribution is 2.23. The number of benzene rings is 2. The molecule has 2 saturated heterocycles. The summed E-state index contributed by atoms with van der Waals surface area (Å²) >= 11 is 0. The van der Waals surface area contributed by atoms with Crippen molar-refractivity contribution in [2.45, 2.75) is 26.3 Å². The van der Waals surface area contributed by atoms with E-state index in [1.54, 1.807) is 6.08 Å². The number of hydrogen-bond acceptors (Lipinski definition) is 4. The molecule has 1 amide bonds. The molecule has 2 aromatic carbocycles. The number of sulfonamides is 1. The summed E-state index contributed by atoms with van der Waals surface area (Å²) in [4.78, 5) is 17.4. The summed E-state index contributed by atoms with van der Waals surface area (Å²) in [5.74, 6) is 0.0971. The lowest BCUT2D eigenvalue weighted by Crippen LogP contribution is -2.51. The van der Waals surface area contributed by atoms with Crippen LogP contribution >= 0.6 is 0 Å². The van der Waals surface area contributed by atoms with Gasteiger partial charge in [0, 0.05) is 57.1 Å². The zero-order valence-electron chi connectivity index (χ0n) is 19.3. The largest absolute Gasteiger partial charge is 0.340 e. The van der Waals surface area contributed by atoms with E-state index in [0.29, 0.717) is 25.9 Å². The first-order valence-corrected chi connectivity index (χ1v) is 13.2. The Morgan fingerprint density at radius 1 is 0.909 bits per heavy atom. The molecule has 0 saturated carbocycles. The SMILES string of the molecule is Cc1ccccc1CN1CCN(C(=O)C2CCN(S(=O)(=O)/C=C/c3ccccc3)CC2)CC1. The number of piperazine rings is 1. The van der Waals surface area contributed by atoms with Crippen LogP contribution in [0.25, 0.3) is 6.08 Å². The molecular formula is C26H33N3O3S. The molecule has 33 heavy (non-hydrogen) atoms. The zero-order valence-corrected chi connectivity index (χ0v) is 20.1. The van der Waals surface area contributed by atoms with Gasteiger partial charge in [-0.25, -0.2) is 8.42 Å². The molecule has 176 valence electrons. The Morgan fingerprint density at radius 3 is 2.21 bits per heavy atom. The second-order valence-electron chi connectivity index (χ2n) is 8.96. The Hall–Kier alpha value is -2.48. The summed E-state index contributed by atoms with van der Waals surface area (Å²) in [6.45, 7) is 7.07. The lowest BCUT2D eigenvalue weighted by atomic mass is 9.96. The van der Waals surface area contributed by atoms with Crippen molar-refractivity contribution in [1.82, 2.24) is 14.1 Å². The highest BCUT2D eigenvalue weighted by atomic mass is 32.2. The molecule has 0 atom stereocenters. The monoisotopic (exact) mass is 467 g/mol. The summed E-state index contributed by atoms with van der Waals surface area (Å²) in [5.41, 5.74) is 3.50. The van der Waals surface area contributed by atoms with Crippen LogP contribution in [0.4, 0.5) is 0 Å².